The van der Waals surface area contributed by atoms with Crippen LogP contribution < -0.4 is 0 Å². The Morgan fingerprint density at radius 3 is 2.38 bits per heavy atom. The highest BCUT2D eigenvalue weighted by atomic mass is 32.2. The summed E-state index contributed by atoms with van der Waals surface area (Å²) >= 11 is 0. The molecule has 0 bridgehead atoms. The molecule has 0 saturated carbocycles. The lowest BCUT2D eigenvalue weighted by Gasteiger charge is -2.14. The number of pyridine rings is 1. The molecule has 1 N–H and O–H groups in total. The molecule has 1 aromatic heterocycles. The van der Waals surface area contributed by atoms with Gasteiger partial charge in [0.05, 0.1) is 4.90 Å². The van der Waals surface area contributed by atoms with E-state index in [0.29, 0.717) is 0 Å². The molecule has 0 fully saturated rings. The van der Waals surface area contributed by atoms with Crippen LogP contribution in [-0.4, -0.2) is 30.9 Å². The fraction of sp³-hybridized carbons (Fsp3) is 0.375. The van der Waals surface area contributed by atoms with E-state index in [1.807, 2.05) is 0 Å². The second-order valence-corrected chi connectivity index (χ2v) is 5.19. The fourth-order valence-corrected chi connectivity index (χ4v) is 1.58. The number of nitrogens with zero attached hydrogens (tertiary/aromatic N) is 1. The van der Waals surface area contributed by atoms with Crippen LogP contribution in [0, 0.1) is 0 Å². The summed E-state index contributed by atoms with van der Waals surface area (Å²) in [4.78, 5) is 2.98. The van der Waals surface area contributed by atoms with Gasteiger partial charge < -0.3 is 5.11 Å². The number of hydrogen-bond donors (Lipinski definition) is 1. The van der Waals surface area contributed by atoms with Gasteiger partial charge in [0.25, 0.3) is 0 Å². The number of alkyl halides is 3. The molecule has 0 aliphatic heterocycles. The second kappa shape index (κ2) is 4.02. The molecule has 1 heterocycles. The number of aromatic nitrogens is 1. The number of sulfone groups is 1. The van der Waals surface area contributed by atoms with E-state index in [1.54, 1.807) is 0 Å². The summed E-state index contributed by atoms with van der Waals surface area (Å²) in [6.07, 6.45) is -5.05. The summed E-state index contributed by atoms with van der Waals surface area (Å²) in [6.45, 7) is 0. The summed E-state index contributed by atoms with van der Waals surface area (Å²) in [6, 6.07) is 0.750. The monoisotopic (exact) mass is 255 g/mol. The van der Waals surface area contributed by atoms with Crippen molar-refractivity contribution in [2.24, 2.45) is 0 Å². The van der Waals surface area contributed by atoms with E-state index in [1.165, 1.54) is 0 Å². The number of rotatable bonds is 2. The van der Waals surface area contributed by atoms with Gasteiger partial charge in [-0.2, -0.15) is 13.2 Å². The minimum atomic E-state index is -4.85. The van der Waals surface area contributed by atoms with Gasteiger partial charge in [-0.3, -0.25) is 4.98 Å². The van der Waals surface area contributed by atoms with Crippen molar-refractivity contribution < 1.29 is 26.7 Å². The molecule has 90 valence electrons. The maximum atomic E-state index is 12.1. The first-order chi connectivity index (χ1) is 7.12. The third-order valence-electron chi connectivity index (χ3n) is 1.79. The SMILES string of the molecule is CS(=O)(=O)c1cncc([C@@H](O)C(F)(F)F)c1. The second-order valence-electron chi connectivity index (χ2n) is 3.17. The lowest BCUT2D eigenvalue weighted by Crippen LogP contribution is -2.20. The van der Waals surface area contributed by atoms with Gasteiger partial charge >= 0.3 is 6.18 Å². The van der Waals surface area contributed by atoms with Crippen LogP contribution in [0.4, 0.5) is 13.2 Å². The first kappa shape index (κ1) is 12.9. The standard InChI is InChI=1S/C8H8F3NO3S/c1-16(14,15)6-2-5(3-12-4-6)7(13)8(9,10)11/h2-4,7,13H,1H3/t7-/m1/s1. The molecule has 1 aromatic rings. The van der Waals surface area contributed by atoms with Crippen LogP contribution >= 0.6 is 0 Å². The van der Waals surface area contributed by atoms with Crippen molar-refractivity contribution in [3.05, 3.63) is 24.0 Å². The van der Waals surface area contributed by atoms with Gasteiger partial charge in [-0.15, -0.1) is 0 Å². The molecular weight excluding hydrogens is 247 g/mol. The van der Waals surface area contributed by atoms with Crippen LogP contribution in [0.1, 0.15) is 11.7 Å². The van der Waals surface area contributed by atoms with Crippen molar-refractivity contribution in [2.45, 2.75) is 17.2 Å². The molecule has 0 aliphatic carbocycles. The highest BCUT2D eigenvalue weighted by Crippen LogP contribution is 2.32. The Bertz CT molecular complexity index is 484. The summed E-state index contributed by atoms with van der Waals surface area (Å²) in [7, 11) is -3.65. The van der Waals surface area contributed by atoms with Crippen LogP contribution in [0.15, 0.2) is 23.4 Å². The Morgan fingerprint density at radius 1 is 1.38 bits per heavy atom. The number of aliphatic hydroxyl groups is 1. The molecule has 8 heteroatoms. The van der Waals surface area contributed by atoms with Crippen molar-refractivity contribution in [3.63, 3.8) is 0 Å². The minimum Gasteiger partial charge on any atom is -0.379 e. The minimum absolute atomic E-state index is 0.367. The van der Waals surface area contributed by atoms with E-state index in [4.69, 9.17) is 5.11 Å². The smallest absolute Gasteiger partial charge is 0.379 e. The van der Waals surface area contributed by atoms with Crippen LogP contribution in [0.5, 0.6) is 0 Å². The molecule has 0 unspecified atom stereocenters. The molecule has 0 amide bonds. The van der Waals surface area contributed by atoms with Crippen molar-refractivity contribution in [1.29, 1.82) is 0 Å². The van der Waals surface area contributed by atoms with Crippen molar-refractivity contribution in [3.8, 4) is 0 Å². The summed E-state index contributed by atoms with van der Waals surface area (Å²) in [5.74, 6) is 0. The third kappa shape index (κ3) is 2.92. The molecule has 1 rings (SSSR count). The Kier molecular flexibility index (Phi) is 3.25. The average Bonchev–Trinajstić information content (AvgIpc) is 2.14. The van der Waals surface area contributed by atoms with E-state index in [-0.39, 0.29) is 4.90 Å². The van der Waals surface area contributed by atoms with Crippen molar-refractivity contribution >= 4 is 9.84 Å². The molecule has 1 atom stereocenters. The Labute approximate surface area is 89.7 Å². The predicted molar refractivity (Wildman–Crippen MR) is 48.4 cm³/mol. The molecule has 0 aromatic carbocycles. The highest BCUT2D eigenvalue weighted by Gasteiger charge is 2.39. The third-order valence-corrected chi connectivity index (χ3v) is 2.87. The fourth-order valence-electron chi connectivity index (χ4n) is 0.977. The summed E-state index contributed by atoms with van der Waals surface area (Å²) < 4.78 is 58.5. The van der Waals surface area contributed by atoms with Crippen LogP contribution in [0.2, 0.25) is 0 Å². The molecular formula is C8H8F3NO3S. The molecule has 16 heavy (non-hydrogen) atoms. The zero-order chi connectivity index (χ0) is 12.6. The lowest BCUT2D eigenvalue weighted by molar-refractivity contribution is -0.206. The first-order valence-corrected chi connectivity index (χ1v) is 5.91. The maximum Gasteiger partial charge on any atom is 0.418 e. The largest absolute Gasteiger partial charge is 0.418 e. The molecule has 0 saturated heterocycles. The highest BCUT2D eigenvalue weighted by molar-refractivity contribution is 7.90. The summed E-state index contributed by atoms with van der Waals surface area (Å²) in [5.41, 5.74) is -0.601. The van der Waals surface area contributed by atoms with Crippen molar-refractivity contribution in [1.82, 2.24) is 4.98 Å². The number of halogens is 3. The van der Waals surface area contributed by atoms with E-state index in [9.17, 15) is 21.6 Å². The van der Waals surface area contributed by atoms with Gasteiger partial charge in [0.2, 0.25) is 0 Å². The average molecular weight is 255 g/mol. The van der Waals surface area contributed by atoms with E-state index in [0.717, 1.165) is 24.7 Å². The lowest BCUT2D eigenvalue weighted by atomic mass is 10.1. The Hall–Kier alpha value is -1.15. The number of hydrogen-bond acceptors (Lipinski definition) is 4. The van der Waals surface area contributed by atoms with E-state index >= 15 is 0 Å². The summed E-state index contributed by atoms with van der Waals surface area (Å²) in [5, 5.41) is 8.89. The quantitative estimate of drug-likeness (QED) is 0.858. The van der Waals surface area contributed by atoms with Gasteiger partial charge in [0.15, 0.2) is 15.9 Å². The van der Waals surface area contributed by atoms with E-state index in [2.05, 4.69) is 4.98 Å². The van der Waals surface area contributed by atoms with Gasteiger partial charge in [0.1, 0.15) is 0 Å². The van der Waals surface area contributed by atoms with Gasteiger partial charge in [-0.25, -0.2) is 8.42 Å². The van der Waals surface area contributed by atoms with Crippen LogP contribution in [-0.2, 0) is 9.84 Å². The number of aliphatic hydroxyl groups excluding tert-OH is 1. The topological polar surface area (TPSA) is 67.3 Å². The van der Waals surface area contributed by atoms with Gasteiger partial charge in [-0.1, -0.05) is 0 Å². The zero-order valence-electron chi connectivity index (χ0n) is 8.06. The van der Waals surface area contributed by atoms with E-state index < -0.39 is 27.7 Å². The van der Waals surface area contributed by atoms with Crippen LogP contribution in [0.25, 0.3) is 0 Å². The molecule has 0 radical (unpaired) electrons. The normalized spacial score (nSPS) is 14.8. The van der Waals surface area contributed by atoms with Crippen LogP contribution in [0.3, 0.4) is 0 Å². The van der Waals surface area contributed by atoms with Gasteiger partial charge in [-0.05, 0) is 6.07 Å². The molecule has 0 spiro atoms. The first-order valence-electron chi connectivity index (χ1n) is 4.02. The molecule has 4 nitrogen and oxygen atoms in total. The Morgan fingerprint density at radius 2 is 1.94 bits per heavy atom. The Balaban J connectivity index is 3.19. The maximum absolute atomic E-state index is 12.1. The zero-order valence-corrected chi connectivity index (χ0v) is 8.88. The van der Waals surface area contributed by atoms with Gasteiger partial charge in [0, 0.05) is 24.2 Å². The molecule has 0 aliphatic rings. The van der Waals surface area contributed by atoms with Crippen molar-refractivity contribution in [2.75, 3.05) is 6.26 Å². The predicted octanol–water partition coefficient (Wildman–Crippen LogP) is 1.08.